The van der Waals surface area contributed by atoms with E-state index in [9.17, 15) is 4.39 Å². The summed E-state index contributed by atoms with van der Waals surface area (Å²) in [5.74, 6) is -0.446. The molecule has 0 saturated carbocycles. The van der Waals surface area contributed by atoms with Gasteiger partial charge in [0, 0.05) is 6.07 Å². The minimum absolute atomic E-state index is 0.317. The second-order valence-corrected chi connectivity index (χ2v) is 3.73. The van der Waals surface area contributed by atoms with Crippen molar-refractivity contribution in [3.63, 3.8) is 0 Å². The van der Waals surface area contributed by atoms with Gasteiger partial charge in [0.1, 0.15) is 18.0 Å². The van der Waals surface area contributed by atoms with Gasteiger partial charge in [0.25, 0.3) is 0 Å². The Kier molecular flexibility index (Phi) is 3.98. The van der Waals surface area contributed by atoms with Crippen molar-refractivity contribution < 1.29 is 4.39 Å². The molecule has 0 aromatic heterocycles. The molecule has 0 saturated heterocycles. The Morgan fingerprint density at radius 3 is 2.62 bits per heavy atom. The molecule has 0 heterocycles. The summed E-state index contributed by atoms with van der Waals surface area (Å²) in [4.78, 5) is 0. The Hall–Kier alpha value is -1.92. The highest BCUT2D eigenvalue weighted by atomic mass is 79.9. The van der Waals surface area contributed by atoms with E-state index in [0.29, 0.717) is 10.2 Å². The van der Waals surface area contributed by atoms with E-state index in [0.717, 1.165) is 5.56 Å². The SMILES string of the molecule is Cc1cc(Br)c(F)cc1NN=C(C#N)C#N. The fraction of sp³-hybridized carbons (Fsp3) is 0.100. The van der Waals surface area contributed by atoms with E-state index < -0.39 is 5.82 Å². The van der Waals surface area contributed by atoms with Crippen molar-refractivity contribution in [1.82, 2.24) is 0 Å². The van der Waals surface area contributed by atoms with Crippen LogP contribution in [0.5, 0.6) is 0 Å². The Bertz CT molecular complexity index is 509. The molecule has 0 amide bonds. The third-order valence-electron chi connectivity index (χ3n) is 1.77. The molecule has 1 aromatic rings. The van der Waals surface area contributed by atoms with E-state index >= 15 is 0 Å². The lowest BCUT2D eigenvalue weighted by Crippen LogP contribution is -1.98. The van der Waals surface area contributed by atoms with Gasteiger partial charge in [0.05, 0.1) is 10.2 Å². The summed E-state index contributed by atoms with van der Waals surface area (Å²) in [6.07, 6.45) is 0. The first-order chi connectivity index (χ1) is 7.58. The number of hydrogen-bond acceptors (Lipinski definition) is 4. The summed E-state index contributed by atoms with van der Waals surface area (Å²) >= 11 is 3.04. The molecular formula is C10H6BrFN4. The smallest absolute Gasteiger partial charge is 0.237 e. The molecule has 1 rings (SSSR count). The molecule has 1 N–H and O–H groups in total. The maximum atomic E-state index is 13.2. The fourth-order valence-electron chi connectivity index (χ4n) is 0.958. The maximum Gasteiger partial charge on any atom is 0.237 e. The lowest BCUT2D eigenvalue weighted by molar-refractivity contribution is 0.621. The van der Waals surface area contributed by atoms with Gasteiger partial charge in [-0.15, -0.1) is 0 Å². The number of benzene rings is 1. The number of anilines is 1. The number of nitriles is 2. The van der Waals surface area contributed by atoms with E-state index in [1.54, 1.807) is 25.1 Å². The van der Waals surface area contributed by atoms with Crippen molar-refractivity contribution in [3.05, 3.63) is 28.0 Å². The zero-order chi connectivity index (χ0) is 12.1. The van der Waals surface area contributed by atoms with Crippen molar-refractivity contribution in [3.8, 4) is 12.1 Å². The van der Waals surface area contributed by atoms with E-state index in [4.69, 9.17) is 10.5 Å². The first-order valence-corrected chi connectivity index (χ1v) is 4.97. The third-order valence-corrected chi connectivity index (χ3v) is 2.37. The van der Waals surface area contributed by atoms with Gasteiger partial charge >= 0.3 is 0 Å². The summed E-state index contributed by atoms with van der Waals surface area (Å²) < 4.78 is 13.5. The highest BCUT2D eigenvalue weighted by Gasteiger charge is 2.04. The van der Waals surface area contributed by atoms with Crippen LogP contribution in [0.15, 0.2) is 21.7 Å². The lowest BCUT2D eigenvalue weighted by Gasteiger charge is -2.05. The van der Waals surface area contributed by atoms with Crippen LogP contribution in [-0.4, -0.2) is 5.71 Å². The molecule has 0 fully saturated rings. The molecule has 0 spiro atoms. The van der Waals surface area contributed by atoms with Crippen LogP contribution in [0.25, 0.3) is 0 Å². The summed E-state index contributed by atoms with van der Waals surface area (Å²) in [5, 5.41) is 20.4. The molecule has 0 radical (unpaired) electrons. The zero-order valence-corrected chi connectivity index (χ0v) is 9.84. The molecule has 6 heteroatoms. The molecule has 0 unspecified atom stereocenters. The third kappa shape index (κ3) is 2.78. The Morgan fingerprint density at radius 1 is 1.44 bits per heavy atom. The lowest BCUT2D eigenvalue weighted by atomic mass is 10.2. The minimum atomic E-state index is -0.446. The number of hydrazone groups is 1. The Morgan fingerprint density at radius 2 is 2.06 bits per heavy atom. The number of nitrogens with zero attached hydrogens (tertiary/aromatic N) is 3. The molecule has 80 valence electrons. The predicted molar refractivity (Wildman–Crippen MR) is 61.1 cm³/mol. The minimum Gasteiger partial charge on any atom is -0.276 e. The van der Waals surface area contributed by atoms with Gasteiger partial charge in [0.2, 0.25) is 5.71 Å². The van der Waals surface area contributed by atoms with Crippen molar-refractivity contribution in [1.29, 1.82) is 10.5 Å². The molecular weight excluding hydrogens is 275 g/mol. The first kappa shape index (κ1) is 12.2. The zero-order valence-electron chi connectivity index (χ0n) is 8.25. The van der Waals surface area contributed by atoms with Crippen LogP contribution in [0, 0.1) is 35.4 Å². The number of rotatable bonds is 2. The summed E-state index contributed by atoms with van der Waals surface area (Å²) in [7, 11) is 0. The van der Waals surface area contributed by atoms with Crippen molar-refractivity contribution >= 4 is 27.3 Å². The highest BCUT2D eigenvalue weighted by molar-refractivity contribution is 9.10. The van der Waals surface area contributed by atoms with Gasteiger partial charge in [-0.05, 0) is 34.5 Å². The van der Waals surface area contributed by atoms with Gasteiger partial charge in [-0.3, -0.25) is 5.43 Å². The molecule has 4 nitrogen and oxygen atoms in total. The van der Waals surface area contributed by atoms with Gasteiger partial charge in [-0.25, -0.2) is 4.39 Å². The maximum absolute atomic E-state index is 13.2. The van der Waals surface area contributed by atoms with Crippen LogP contribution in [-0.2, 0) is 0 Å². The van der Waals surface area contributed by atoms with E-state index in [1.165, 1.54) is 6.07 Å². The average molecular weight is 281 g/mol. The van der Waals surface area contributed by atoms with Crippen LogP contribution in [0.2, 0.25) is 0 Å². The number of nitrogens with one attached hydrogen (secondary N) is 1. The molecule has 0 aliphatic heterocycles. The molecule has 0 aliphatic carbocycles. The average Bonchev–Trinajstić information content (AvgIpc) is 2.26. The van der Waals surface area contributed by atoms with Gasteiger partial charge in [-0.1, -0.05) is 0 Å². The normalized spacial score (nSPS) is 8.81. The van der Waals surface area contributed by atoms with Gasteiger partial charge in [0.15, 0.2) is 0 Å². The van der Waals surface area contributed by atoms with E-state index in [-0.39, 0.29) is 5.71 Å². The topological polar surface area (TPSA) is 72.0 Å². The van der Waals surface area contributed by atoms with Crippen LogP contribution in [0.3, 0.4) is 0 Å². The quantitative estimate of drug-likeness (QED) is 0.669. The second-order valence-electron chi connectivity index (χ2n) is 2.88. The number of halogens is 2. The molecule has 0 aliphatic rings. The molecule has 1 aromatic carbocycles. The molecule has 0 atom stereocenters. The monoisotopic (exact) mass is 280 g/mol. The Balaban J connectivity index is 3.01. The van der Waals surface area contributed by atoms with Crippen LogP contribution in [0.4, 0.5) is 10.1 Å². The molecule has 16 heavy (non-hydrogen) atoms. The second kappa shape index (κ2) is 5.24. The summed E-state index contributed by atoms with van der Waals surface area (Å²) in [6, 6.07) is 5.99. The fourth-order valence-corrected chi connectivity index (χ4v) is 1.42. The predicted octanol–water partition coefficient (Wildman–Crippen LogP) is 2.71. The largest absolute Gasteiger partial charge is 0.276 e. The molecule has 0 bridgehead atoms. The number of aryl methyl sites for hydroxylation is 1. The van der Waals surface area contributed by atoms with Crippen LogP contribution < -0.4 is 5.43 Å². The highest BCUT2D eigenvalue weighted by Crippen LogP contribution is 2.23. The van der Waals surface area contributed by atoms with Gasteiger partial charge in [-0.2, -0.15) is 15.6 Å². The van der Waals surface area contributed by atoms with Crippen LogP contribution in [0.1, 0.15) is 5.56 Å². The number of hydrogen-bond donors (Lipinski definition) is 1. The van der Waals surface area contributed by atoms with E-state index in [2.05, 4.69) is 26.5 Å². The standard InChI is InChI=1S/C10H6BrFN4/c1-6-2-8(11)9(12)3-10(6)16-15-7(4-13)5-14/h2-3,16H,1H3. The van der Waals surface area contributed by atoms with Crippen molar-refractivity contribution in [2.75, 3.05) is 5.43 Å². The Labute approximate surface area is 100 Å². The van der Waals surface area contributed by atoms with E-state index in [1.807, 2.05) is 0 Å². The first-order valence-electron chi connectivity index (χ1n) is 4.18. The van der Waals surface area contributed by atoms with Gasteiger partial charge < -0.3 is 0 Å². The van der Waals surface area contributed by atoms with Crippen molar-refractivity contribution in [2.24, 2.45) is 5.10 Å². The summed E-state index contributed by atoms with van der Waals surface area (Å²) in [6.45, 7) is 1.75. The van der Waals surface area contributed by atoms with Crippen molar-refractivity contribution in [2.45, 2.75) is 6.92 Å². The van der Waals surface area contributed by atoms with Crippen LogP contribution >= 0.6 is 15.9 Å². The summed E-state index contributed by atoms with van der Waals surface area (Å²) in [5.41, 5.74) is 3.30.